The lowest BCUT2D eigenvalue weighted by Crippen LogP contribution is -2.54. The molecule has 106 valence electrons. The zero-order chi connectivity index (χ0) is 13.6. The summed E-state index contributed by atoms with van der Waals surface area (Å²) in [5, 5.41) is 3.60. The highest BCUT2D eigenvalue weighted by molar-refractivity contribution is 5.10. The van der Waals surface area contributed by atoms with Crippen molar-refractivity contribution in [1.82, 2.24) is 5.32 Å². The van der Waals surface area contributed by atoms with Gasteiger partial charge in [0.05, 0.1) is 11.2 Å². The third-order valence-corrected chi connectivity index (χ3v) is 5.15. The maximum absolute atomic E-state index is 6.41. The van der Waals surface area contributed by atoms with Crippen LogP contribution in [-0.4, -0.2) is 24.3 Å². The van der Waals surface area contributed by atoms with E-state index in [0.717, 1.165) is 18.4 Å². The molecule has 0 saturated carbocycles. The number of piperidine rings is 1. The van der Waals surface area contributed by atoms with Gasteiger partial charge in [-0.15, -0.1) is 0 Å². The Bertz CT molecular complexity index is 308. The molecule has 0 radical (unpaired) electrons. The van der Waals surface area contributed by atoms with Crippen LogP contribution in [0.4, 0.5) is 0 Å². The van der Waals surface area contributed by atoms with E-state index in [1.54, 1.807) is 0 Å². The number of ether oxygens (including phenoxy) is 1. The van der Waals surface area contributed by atoms with Crippen molar-refractivity contribution in [3.8, 4) is 0 Å². The zero-order valence-corrected chi connectivity index (χ0v) is 13.1. The predicted molar refractivity (Wildman–Crippen MR) is 76.7 cm³/mol. The molecule has 2 aliphatic rings. The summed E-state index contributed by atoms with van der Waals surface area (Å²) >= 11 is 0. The molecule has 2 aliphatic heterocycles. The minimum Gasteiger partial charge on any atom is -0.369 e. The van der Waals surface area contributed by atoms with Crippen LogP contribution in [0.25, 0.3) is 0 Å². The van der Waals surface area contributed by atoms with Gasteiger partial charge in [-0.3, -0.25) is 0 Å². The Kier molecular flexibility index (Phi) is 3.57. The minimum absolute atomic E-state index is 0.0121. The monoisotopic (exact) mass is 253 g/mol. The van der Waals surface area contributed by atoms with Crippen LogP contribution in [0.2, 0.25) is 0 Å². The topological polar surface area (TPSA) is 21.3 Å². The molecule has 0 aromatic rings. The maximum atomic E-state index is 6.41. The lowest BCUT2D eigenvalue weighted by Gasteiger charge is -2.49. The van der Waals surface area contributed by atoms with Crippen molar-refractivity contribution in [2.24, 2.45) is 17.3 Å². The van der Waals surface area contributed by atoms with Gasteiger partial charge in [-0.2, -0.15) is 0 Å². The molecule has 2 rings (SSSR count). The maximum Gasteiger partial charge on any atom is 0.0694 e. The van der Waals surface area contributed by atoms with Crippen LogP contribution in [-0.2, 0) is 4.74 Å². The van der Waals surface area contributed by atoms with Gasteiger partial charge >= 0.3 is 0 Å². The first-order valence-corrected chi connectivity index (χ1v) is 7.59. The molecule has 0 bridgehead atoms. The van der Waals surface area contributed by atoms with E-state index in [9.17, 15) is 0 Å². The van der Waals surface area contributed by atoms with Gasteiger partial charge in [0, 0.05) is 5.41 Å². The number of nitrogens with one attached hydrogen (secondary N) is 1. The van der Waals surface area contributed by atoms with Crippen LogP contribution in [0, 0.1) is 17.3 Å². The molecular formula is C16H31NO. The molecule has 2 unspecified atom stereocenters. The largest absolute Gasteiger partial charge is 0.369 e. The van der Waals surface area contributed by atoms with Crippen LogP contribution in [0.5, 0.6) is 0 Å². The second kappa shape index (κ2) is 4.49. The van der Waals surface area contributed by atoms with E-state index < -0.39 is 0 Å². The first kappa shape index (κ1) is 14.3. The molecule has 1 spiro atoms. The molecule has 2 atom stereocenters. The standard InChI is InChI=1S/C16H31NO/c1-12(2)9-13-10-17-8-7-16(13)11-14(3,4)18-15(16,5)6/h12-13,17H,7-11H2,1-6H3. The molecule has 0 amide bonds. The number of hydrogen-bond donors (Lipinski definition) is 1. The molecule has 2 heterocycles. The number of rotatable bonds is 2. The highest BCUT2D eigenvalue weighted by Gasteiger charge is 2.60. The molecule has 0 aromatic heterocycles. The van der Waals surface area contributed by atoms with Crippen molar-refractivity contribution < 1.29 is 4.74 Å². The fourth-order valence-electron chi connectivity index (χ4n) is 4.69. The lowest BCUT2D eigenvalue weighted by molar-refractivity contribution is -0.114. The van der Waals surface area contributed by atoms with Crippen LogP contribution in [0.3, 0.4) is 0 Å². The summed E-state index contributed by atoms with van der Waals surface area (Å²) < 4.78 is 6.41. The molecular weight excluding hydrogens is 222 g/mol. The normalized spacial score (nSPS) is 38.5. The first-order chi connectivity index (χ1) is 8.19. The smallest absolute Gasteiger partial charge is 0.0694 e. The van der Waals surface area contributed by atoms with Gasteiger partial charge < -0.3 is 10.1 Å². The molecule has 2 fully saturated rings. The third kappa shape index (κ3) is 2.34. The molecule has 1 N–H and O–H groups in total. The van der Waals surface area contributed by atoms with Gasteiger partial charge in [-0.25, -0.2) is 0 Å². The first-order valence-electron chi connectivity index (χ1n) is 7.59. The van der Waals surface area contributed by atoms with Crippen LogP contribution in [0.1, 0.15) is 60.8 Å². The fourth-order valence-corrected chi connectivity index (χ4v) is 4.69. The molecule has 0 aromatic carbocycles. The summed E-state index contributed by atoms with van der Waals surface area (Å²) in [7, 11) is 0. The van der Waals surface area contributed by atoms with E-state index >= 15 is 0 Å². The predicted octanol–water partition coefficient (Wildman–Crippen LogP) is 3.61. The summed E-state index contributed by atoms with van der Waals surface area (Å²) in [6, 6.07) is 0. The Hall–Kier alpha value is -0.0800. The fraction of sp³-hybridized carbons (Fsp3) is 1.00. The summed E-state index contributed by atoms with van der Waals surface area (Å²) in [4.78, 5) is 0. The Morgan fingerprint density at radius 2 is 1.89 bits per heavy atom. The molecule has 2 saturated heterocycles. The van der Waals surface area contributed by atoms with Crippen molar-refractivity contribution in [3.05, 3.63) is 0 Å². The van der Waals surface area contributed by atoms with E-state index in [4.69, 9.17) is 4.74 Å². The zero-order valence-electron chi connectivity index (χ0n) is 13.1. The van der Waals surface area contributed by atoms with E-state index in [2.05, 4.69) is 46.9 Å². The Balaban J connectivity index is 2.30. The second-order valence-electron chi connectivity index (χ2n) is 7.99. The van der Waals surface area contributed by atoms with Gasteiger partial charge in [0.15, 0.2) is 0 Å². The van der Waals surface area contributed by atoms with Crippen molar-refractivity contribution in [2.45, 2.75) is 72.0 Å². The van der Waals surface area contributed by atoms with E-state index in [-0.39, 0.29) is 11.2 Å². The summed E-state index contributed by atoms with van der Waals surface area (Å²) in [5.41, 5.74) is 0.417. The Morgan fingerprint density at radius 1 is 1.22 bits per heavy atom. The van der Waals surface area contributed by atoms with Crippen molar-refractivity contribution in [1.29, 1.82) is 0 Å². The van der Waals surface area contributed by atoms with Crippen molar-refractivity contribution in [2.75, 3.05) is 13.1 Å². The van der Waals surface area contributed by atoms with E-state index in [1.165, 1.54) is 25.8 Å². The van der Waals surface area contributed by atoms with Crippen LogP contribution < -0.4 is 5.32 Å². The molecule has 2 nitrogen and oxygen atoms in total. The van der Waals surface area contributed by atoms with Gasteiger partial charge in [0.1, 0.15) is 0 Å². The molecule has 2 heteroatoms. The summed E-state index contributed by atoms with van der Waals surface area (Å²) in [6.45, 7) is 16.2. The highest BCUT2D eigenvalue weighted by Crippen LogP contribution is 2.59. The Morgan fingerprint density at radius 3 is 2.39 bits per heavy atom. The summed E-state index contributed by atoms with van der Waals surface area (Å²) in [6.07, 6.45) is 3.79. The van der Waals surface area contributed by atoms with Crippen molar-refractivity contribution >= 4 is 0 Å². The Labute approximate surface area is 113 Å². The van der Waals surface area contributed by atoms with Gasteiger partial charge in [-0.05, 0) is 71.9 Å². The molecule has 0 aliphatic carbocycles. The lowest BCUT2D eigenvalue weighted by atomic mass is 9.58. The quantitative estimate of drug-likeness (QED) is 0.812. The van der Waals surface area contributed by atoms with E-state index in [0.29, 0.717) is 5.41 Å². The van der Waals surface area contributed by atoms with Crippen LogP contribution in [0.15, 0.2) is 0 Å². The van der Waals surface area contributed by atoms with Gasteiger partial charge in [-0.1, -0.05) is 13.8 Å². The second-order valence-corrected chi connectivity index (χ2v) is 7.99. The SMILES string of the molecule is CC(C)CC1CNCCC12CC(C)(C)OC2(C)C. The average molecular weight is 253 g/mol. The van der Waals surface area contributed by atoms with Gasteiger partial charge in [0.2, 0.25) is 0 Å². The van der Waals surface area contributed by atoms with Crippen molar-refractivity contribution in [3.63, 3.8) is 0 Å². The minimum atomic E-state index is 0.0121. The van der Waals surface area contributed by atoms with Crippen LogP contribution >= 0.6 is 0 Å². The van der Waals surface area contributed by atoms with Gasteiger partial charge in [0.25, 0.3) is 0 Å². The average Bonchev–Trinajstić information content (AvgIpc) is 2.35. The number of hydrogen-bond acceptors (Lipinski definition) is 2. The third-order valence-electron chi connectivity index (χ3n) is 5.15. The molecule has 18 heavy (non-hydrogen) atoms. The van der Waals surface area contributed by atoms with E-state index in [1.807, 2.05) is 0 Å². The highest BCUT2D eigenvalue weighted by atomic mass is 16.5. The summed E-state index contributed by atoms with van der Waals surface area (Å²) in [5.74, 6) is 1.52.